The van der Waals surface area contributed by atoms with Gasteiger partial charge in [0.1, 0.15) is 17.7 Å². The van der Waals surface area contributed by atoms with Crippen molar-refractivity contribution >= 4 is 0 Å². The molecule has 9 heteroatoms. The van der Waals surface area contributed by atoms with Gasteiger partial charge in [0.15, 0.2) is 0 Å². The Balaban J connectivity index is 2.76. The number of nitrogens with zero attached hydrogens (tertiary/aromatic N) is 1. The lowest BCUT2D eigenvalue weighted by Gasteiger charge is -2.15. The number of benzene rings is 2. The van der Waals surface area contributed by atoms with E-state index in [0.717, 1.165) is 0 Å². The van der Waals surface area contributed by atoms with Crippen LogP contribution in [0, 0.1) is 23.0 Å². The second-order valence-electron chi connectivity index (χ2n) is 4.72. The van der Waals surface area contributed by atoms with Crippen molar-refractivity contribution in [2.45, 2.75) is 12.4 Å². The molecule has 2 aromatic carbocycles. The molecule has 0 radical (unpaired) electrons. The summed E-state index contributed by atoms with van der Waals surface area (Å²) < 4.78 is 104. The number of nitriles is 1. The van der Waals surface area contributed by atoms with Crippen LogP contribution in [0.25, 0.3) is 11.1 Å². The zero-order chi connectivity index (χ0) is 18.3. The Labute approximate surface area is 129 Å². The average molecular weight is 351 g/mol. The van der Waals surface area contributed by atoms with E-state index in [2.05, 4.69) is 0 Å². The zero-order valence-corrected chi connectivity index (χ0v) is 11.4. The summed E-state index contributed by atoms with van der Waals surface area (Å²) in [5.74, 6) is -2.58. The summed E-state index contributed by atoms with van der Waals surface area (Å²) in [5.41, 5.74) is -5.66. The summed E-state index contributed by atoms with van der Waals surface area (Å²) in [4.78, 5) is 0. The van der Waals surface area contributed by atoms with Crippen molar-refractivity contribution in [2.24, 2.45) is 0 Å². The average Bonchev–Trinajstić information content (AvgIpc) is 2.47. The van der Waals surface area contributed by atoms with Gasteiger partial charge in [-0.2, -0.15) is 31.6 Å². The van der Waals surface area contributed by atoms with Crippen molar-refractivity contribution in [1.29, 1.82) is 5.26 Å². The lowest BCUT2D eigenvalue weighted by molar-refractivity contribution is -0.143. The van der Waals surface area contributed by atoms with Gasteiger partial charge >= 0.3 is 12.4 Å². The van der Waals surface area contributed by atoms with Gasteiger partial charge in [-0.1, -0.05) is 0 Å². The molecule has 0 N–H and O–H groups in total. The Bertz CT molecular complexity index is 795. The van der Waals surface area contributed by atoms with E-state index in [1.54, 1.807) is 0 Å². The van der Waals surface area contributed by atoms with Crippen LogP contribution in [0.15, 0.2) is 30.3 Å². The Hall–Kier alpha value is -2.63. The van der Waals surface area contributed by atoms with E-state index in [4.69, 9.17) is 5.26 Å². The molecule has 0 aliphatic heterocycles. The fourth-order valence-electron chi connectivity index (χ4n) is 1.96. The molecule has 0 aliphatic carbocycles. The first-order valence-corrected chi connectivity index (χ1v) is 6.12. The van der Waals surface area contributed by atoms with Crippen LogP contribution in [0.4, 0.5) is 35.1 Å². The van der Waals surface area contributed by atoms with E-state index >= 15 is 0 Å². The number of alkyl halides is 6. The maximum absolute atomic E-state index is 13.9. The van der Waals surface area contributed by atoms with Gasteiger partial charge in [0.25, 0.3) is 0 Å². The molecule has 1 nitrogen and oxygen atoms in total. The highest BCUT2D eigenvalue weighted by Gasteiger charge is 2.37. The summed E-state index contributed by atoms with van der Waals surface area (Å²) in [6, 6.07) is 2.52. The quantitative estimate of drug-likeness (QED) is 0.619. The number of rotatable bonds is 1. The van der Waals surface area contributed by atoms with Crippen LogP contribution in [-0.2, 0) is 12.4 Å². The van der Waals surface area contributed by atoms with Crippen LogP contribution in [0.1, 0.15) is 16.7 Å². The molecule has 2 aromatic rings. The largest absolute Gasteiger partial charge is 0.416 e. The van der Waals surface area contributed by atoms with Crippen LogP contribution in [0.5, 0.6) is 0 Å². The molecule has 2 rings (SSSR count). The molecule has 0 aromatic heterocycles. The lowest BCUT2D eigenvalue weighted by Crippen LogP contribution is -2.11. The molecule has 126 valence electrons. The molecule has 0 bridgehead atoms. The van der Waals surface area contributed by atoms with Gasteiger partial charge in [0.2, 0.25) is 0 Å². The summed E-state index contributed by atoms with van der Waals surface area (Å²) >= 11 is 0. The highest BCUT2D eigenvalue weighted by Crippen LogP contribution is 2.39. The minimum atomic E-state index is -5.11. The van der Waals surface area contributed by atoms with Crippen LogP contribution >= 0.6 is 0 Å². The van der Waals surface area contributed by atoms with E-state index < -0.39 is 51.8 Å². The van der Waals surface area contributed by atoms with Gasteiger partial charge in [-0.15, -0.1) is 0 Å². The first-order chi connectivity index (χ1) is 10.9. The van der Waals surface area contributed by atoms with Gasteiger partial charge in [0.05, 0.1) is 16.7 Å². The summed E-state index contributed by atoms with van der Waals surface area (Å²) in [5, 5.41) is 8.55. The molecule has 0 amide bonds. The Morgan fingerprint density at radius 2 is 1.21 bits per heavy atom. The van der Waals surface area contributed by atoms with E-state index in [1.165, 1.54) is 6.07 Å². The van der Waals surface area contributed by atoms with Crippen molar-refractivity contribution in [2.75, 3.05) is 0 Å². The van der Waals surface area contributed by atoms with E-state index in [-0.39, 0.29) is 18.2 Å². The molecule has 0 unspecified atom stereocenters. The first-order valence-electron chi connectivity index (χ1n) is 6.12. The SMILES string of the molecule is N#Cc1cc(F)c(-c2cc(C(F)(F)F)cc(C(F)(F)F)c2)cc1F. The third-order valence-corrected chi connectivity index (χ3v) is 3.08. The van der Waals surface area contributed by atoms with Crippen LogP contribution in [0.2, 0.25) is 0 Å². The van der Waals surface area contributed by atoms with Crippen molar-refractivity contribution in [3.8, 4) is 17.2 Å². The van der Waals surface area contributed by atoms with E-state index in [0.29, 0.717) is 12.1 Å². The van der Waals surface area contributed by atoms with Crippen molar-refractivity contribution in [3.63, 3.8) is 0 Å². The topological polar surface area (TPSA) is 23.8 Å². The second-order valence-corrected chi connectivity index (χ2v) is 4.72. The minimum absolute atomic E-state index is 0.124. The highest BCUT2D eigenvalue weighted by atomic mass is 19.4. The van der Waals surface area contributed by atoms with Crippen molar-refractivity contribution in [3.05, 3.63) is 58.7 Å². The fourth-order valence-corrected chi connectivity index (χ4v) is 1.96. The predicted octanol–water partition coefficient (Wildman–Crippen LogP) is 5.54. The zero-order valence-electron chi connectivity index (χ0n) is 11.4. The Morgan fingerprint density at radius 3 is 1.62 bits per heavy atom. The smallest absolute Gasteiger partial charge is 0.206 e. The van der Waals surface area contributed by atoms with Crippen LogP contribution < -0.4 is 0 Å². The van der Waals surface area contributed by atoms with Crippen LogP contribution in [-0.4, -0.2) is 0 Å². The van der Waals surface area contributed by atoms with Crippen molar-refractivity contribution < 1.29 is 35.1 Å². The van der Waals surface area contributed by atoms with Crippen LogP contribution in [0.3, 0.4) is 0 Å². The monoisotopic (exact) mass is 351 g/mol. The van der Waals surface area contributed by atoms with Gasteiger partial charge in [-0.3, -0.25) is 0 Å². The van der Waals surface area contributed by atoms with E-state index in [1.807, 2.05) is 0 Å². The fraction of sp³-hybridized carbons (Fsp3) is 0.133. The number of halogens is 8. The molecular formula is C15H5F8N. The number of hydrogen-bond acceptors (Lipinski definition) is 1. The molecule has 0 atom stereocenters. The van der Waals surface area contributed by atoms with Gasteiger partial charge in [0, 0.05) is 5.56 Å². The van der Waals surface area contributed by atoms with Gasteiger partial charge < -0.3 is 0 Å². The third-order valence-electron chi connectivity index (χ3n) is 3.08. The normalized spacial score (nSPS) is 12.1. The summed E-state index contributed by atoms with van der Waals surface area (Å²) in [6.45, 7) is 0. The molecule has 24 heavy (non-hydrogen) atoms. The standard InChI is InChI=1S/C15H5F8N/c16-12-5-11(13(17)3-8(12)6-24)7-1-9(14(18,19)20)4-10(2-7)15(21,22)23/h1-5H. The van der Waals surface area contributed by atoms with Gasteiger partial charge in [-0.05, 0) is 35.9 Å². The lowest BCUT2D eigenvalue weighted by atomic mass is 9.97. The molecule has 0 saturated carbocycles. The molecule has 0 saturated heterocycles. The predicted molar refractivity (Wildman–Crippen MR) is 66.5 cm³/mol. The molecule has 0 fully saturated rings. The molecular weight excluding hydrogens is 346 g/mol. The highest BCUT2D eigenvalue weighted by molar-refractivity contribution is 5.67. The summed E-state index contributed by atoms with van der Waals surface area (Å²) in [7, 11) is 0. The maximum atomic E-state index is 13.9. The second kappa shape index (κ2) is 5.78. The third kappa shape index (κ3) is 3.48. The molecule has 0 aliphatic rings. The van der Waals surface area contributed by atoms with Gasteiger partial charge in [-0.25, -0.2) is 8.78 Å². The minimum Gasteiger partial charge on any atom is -0.206 e. The first kappa shape index (κ1) is 17.7. The van der Waals surface area contributed by atoms with E-state index in [9.17, 15) is 35.1 Å². The maximum Gasteiger partial charge on any atom is 0.416 e. The molecule has 0 heterocycles. The van der Waals surface area contributed by atoms with Crippen molar-refractivity contribution in [1.82, 2.24) is 0 Å². The number of hydrogen-bond donors (Lipinski definition) is 0. The Morgan fingerprint density at radius 1 is 0.708 bits per heavy atom. The molecule has 0 spiro atoms. The summed E-state index contributed by atoms with van der Waals surface area (Å²) in [6.07, 6.45) is -10.2. The Kier molecular flexibility index (Phi) is 4.27.